The van der Waals surface area contributed by atoms with Crippen LogP contribution in [-0.4, -0.2) is 12.6 Å². The van der Waals surface area contributed by atoms with E-state index in [1.165, 1.54) is 6.42 Å². The number of allylic oxidation sites excluding steroid dienone is 1. The summed E-state index contributed by atoms with van der Waals surface area (Å²) in [5.41, 5.74) is 0.855. The van der Waals surface area contributed by atoms with E-state index in [4.69, 9.17) is 0 Å². The topological polar surface area (TPSA) is 12.0 Å². The summed E-state index contributed by atoms with van der Waals surface area (Å²) in [6, 6.07) is 0.662. The van der Waals surface area contributed by atoms with Gasteiger partial charge in [0.2, 0.25) is 0 Å². The Bertz CT molecular complexity index is 127. The molecule has 1 atom stereocenters. The molecule has 0 bridgehead atoms. The third-order valence-electron chi connectivity index (χ3n) is 2.00. The highest BCUT2D eigenvalue weighted by Gasteiger charge is 2.14. The van der Waals surface area contributed by atoms with Crippen molar-refractivity contribution in [3.05, 3.63) is 11.9 Å². The average Bonchev–Trinajstić information content (AvgIpc) is 1.84. The Morgan fingerprint density at radius 1 is 1.80 bits per heavy atom. The van der Waals surface area contributed by atoms with Crippen molar-refractivity contribution < 1.29 is 4.39 Å². The van der Waals surface area contributed by atoms with E-state index in [2.05, 4.69) is 5.32 Å². The van der Waals surface area contributed by atoms with Crippen molar-refractivity contribution in [3.8, 4) is 0 Å². The van der Waals surface area contributed by atoms with Gasteiger partial charge in [-0.3, -0.25) is 0 Å². The van der Waals surface area contributed by atoms with Gasteiger partial charge in [-0.25, -0.2) is 4.39 Å². The van der Waals surface area contributed by atoms with E-state index in [0.29, 0.717) is 12.4 Å². The summed E-state index contributed by atoms with van der Waals surface area (Å²) in [6.45, 7) is 2.97. The minimum absolute atomic E-state index is 0.662. The first-order chi connectivity index (χ1) is 4.83. The molecule has 0 saturated carbocycles. The smallest absolute Gasteiger partial charge is 0.0856 e. The zero-order chi connectivity index (χ0) is 7.40. The van der Waals surface area contributed by atoms with Gasteiger partial charge in [0.1, 0.15) is 0 Å². The van der Waals surface area contributed by atoms with Gasteiger partial charge >= 0.3 is 0 Å². The highest BCUT2D eigenvalue weighted by molar-refractivity contribution is 4.94. The Kier molecular flexibility index (Phi) is 2.87. The summed E-state index contributed by atoms with van der Waals surface area (Å²) in [5.74, 6) is 0. The van der Waals surface area contributed by atoms with Gasteiger partial charge in [-0.15, -0.1) is 0 Å². The van der Waals surface area contributed by atoms with Crippen LogP contribution < -0.4 is 5.32 Å². The predicted octanol–water partition coefficient (Wildman–Crippen LogP) is 2.00. The third-order valence-corrected chi connectivity index (χ3v) is 2.00. The lowest BCUT2D eigenvalue weighted by Gasteiger charge is -2.27. The molecule has 1 nitrogen and oxygen atoms in total. The molecule has 1 aliphatic heterocycles. The molecule has 0 amide bonds. The van der Waals surface area contributed by atoms with E-state index in [1.807, 2.05) is 6.92 Å². The van der Waals surface area contributed by atoms with Crippen molar-refractivity contribution in [2.45, 2.75) is 32.2 Å². The Morgan fingerprint density at radius 3 is 2.90 bits per heavy atom. The molecule has 1 heterocycles. The number of halogens is 1. The van der Waals surface area contributed by atoms with Crippen LogP contribution in [0.25, 0.3) is 0 Å². The van der Waals surface area contributed by atoms with Crippen LogP contribution in [0.2, 0.25) is 0 Å². The first-order valence-corrected chi connectivity index (χ1v) is 3.82. The predicted molar refractivity (Wildman–Crippen MR) is 40.5 cm³/mol. The molecule has 0 spiro atoms. The quantitative estimate of drug-likeness (QED) is 0.637. The van der Waals surface area contributed by atoms with Crippen LogP contribution in [0.3, 0.4) is 0 Å². The van der Waals surface area contributed by atoms with E-state index in [1.54, 1.807) is 0 Å². The van der Waals surface area contributed by atoms with Gasteiger partial charge in [0.05, 0.1) is 6.33 Å². The Labute approximate surface area is 61.3 Å². The van der Waals surface area contributed by atoms with Gasteiger partial charge in [-0.05, 0) is 38.3 Å². The largest absolute Gasteiger partial charge is 0.314 e. The lowest BCUT2D eigenvalue weighted by Crippen LogP contribution is -2.42. The molecule has 10 heavy (non-hydrogen) atoms. The number of hydrogen-bond donors (Lipinski definition) is 1. The van der Waals surface area contributed by atoms with Crippen molar-refractivity contribution >= 4 is 0 Å². The molecule has 0 aliphatic carbocycles. The standard InChI is InChI=1S/C8H14FN/c1-7(6-9)2-3-8-4-5-10-8/h6,8,10H,2-5H2,1H3/b7-6+. The summed E-state index contributed by atoms with van der Waals surface area (Å²) < 4.78 is 11.8. The second-order valence-corrected chi connectivity index (χ2v) is 2.93. The van der Waals surface area contributed by atoms with E-state index >= 15 is 0 Å². The minimum atomic E-state index is 0.662. The number of rotatable bonds is 3. The monoisotopic (exact) mass is 143 g/mol. The maximum Gasteiger partial charge on any atom is 0.0856 e. The van der Waals surface area contributed by atoms with E-state index in [9.17, 15) is 4.39 Å². The molecule has 0 aromatic carbocycles. The normalized spacial score (nSPS) is 26.2. The number of hydrogen-bond acceptors (Lipinski definition) is 1. The van der Waals surface area contributed by atoms with Crippen molar-refractivity contribution in [1.82, 2.24) is 5.32 Å². The SMILES string of the molecule is C/C(=C\F)CCC1CCN1. The molecule has 1 saturated heterocycles. The molecule has 1 fully saturated rings. The molecule has 2 heteroatoms. The molecule has 58 valence electrons. The van der Waals surface area contributed by atoms with Crippen LogP contribution in [0.15, 0.2) is 11.9 Å². The number of nitrogens with one attached hydrogen (secondary N) is 1. The fourth-order valence-electron chi connectivity index (χ4n) is 1.05. The maximum atomic E-state index is 11.8. The zero-order valence-electron chi connectivity index (χ0n) is 6.36. The lowest BCUT2D eigenvalue weighted by atomic mass is 10.00. The third kappa shape index (κ3) is 2.10. The summed E-state index contributed by atoms with van der Waals surface area (Å²) in [4.78, 5) is 0. The van der Waals surface area contributed by atoms with Crippen molar-refractivity contribution in [2.24, 2.45) is 0 Å². The highest BCUT2D eigenvalue weighted by Crippen LogP contribution is 2.13. The van der Waals surface area contributed by atoms with Crippen LogP contribution in [0.1, 0.15) is 26.2 Å². The Balaban J connectivity index is 2.04. The molecule has 1 rings (SSSR count). The van der Waals surface area contributed by atoms with Gasteiger partial charge in [0.25, 0.3) is 0 Å². The summed E-state index contributed by atoms with van der Waals surface area (Å²) >= 11 is 0. The summed E-state index contributed by atoms with van der Waals surface area (Å²) in [6.07, 6.45) is 3.96. The Morgan fingerprint density at radius 2 is 2.50 bits per heavy atom. The first-order valence-electron chi connectivity index (χ1n) is 3.82. The van der Waals surface area contributed by atoms with E-state index in [-0.39, 0.29) is 0 Å². The van der Waals surface area contributed by atoms with Gasteiger partial charge in [0, 0.05) is 6.04 Å². The van der Waals surface area contributed by atoms with Crippen LogP contribution in [-0.2, 0) is 0 Å². The molecule has 0 radical (unpaired) electrons. The summed E-state index contributed by atoms with van der Waals surface area (Å²) in [5, 5.41) is 3.28. The van der Waals surface area contributed by atoms with Crippen LogP contribution in [0.4, 0.5) is 4.39 Å². The minimum Gasteiger partial charge on any atom is -0.314 e. The zero-order valence-corrected chi connectivity index (χ0v) is 6.36. The van der Waals surface area contributed by atoms with Gasteiger partial charge in [-0.1, -0.05) is 0 Å². The van der Waals surface area contributed by atoms with Crippen LogP contribution >= 0.6 is 0 Å². The second kappa shape index (κ2) is 3.71. The first kappa shape index (κ1) is 7.73. The van der Waals surface area contributed by atoms with Crippen LogP contribution in [0.5, 0.6) is 0 Å². The molecule has 0 aromatic heterocycles. The Hall–Kier alpha value is -0.370. The van der Waals surface area contributed by atoms with Crippen molar-refractivity contribution in [3.63, 3.8) is 0 Å². The lowest BCUT2D eigenvalue weighted by molar-refractivity contribution is 0.350. The average molecular weight is 143 g/mol. The van der Waals surface area contributed by atoms with Gasteiger partial charge in [0.15, 0.2) is 0 Å². The molecular weight excluding hydrogens is 129 g/mol. The molecule has 1 aliphatic rings. The molecule has 1 unspecified atom stereocenters. The fraction of sp³-hybridized carbons (Fsp3) is 0.750. The van der Waals surface area contributed by atoms with Gasteiger partial charge < -0.3 is 5.32 Å². The molecule has 1 N–H and O–H groups in total. The van der Waals surface area contributed by atoms with Crippen molar-refractivity contribution in [2.75, 3.05) is 6.54 Å². The summed E-state index contributed by atoms with van der Waals surface area (Å²) in [7, 11) is 0. The molecular formula is C8H14FN. The second-order valence-electron chi connectivity index (χ2n) is 2.93. The van der Waals surface area contributed by atoms with E-state index < -0.39 is 0 Å². The van der Waals surface area contributed by atoms with Gasteiger partial charge in [-0.2, -0.15) is 0 Å². The molecule has 0 aromatic rings. The van der Waals surface area contributed by atoms with Crippen molar-refractivity contribution in [1.29, 1.82) is 0 Å². The highest BCUT2D eigenvalue weighted by atomic mass is 19.1. The maximum absolute atomic E-state index is 11.8. The fourth-order valence-corrected chi connectivity index (χ4v) is 1.05. The van der Waals surface area contributed by atoms with E-state index in [0.717, 1.165) is 25.0 Å². The van der Waals surface area contributed by atoms with Crippen LogP contribution in [0, 0.1) is 0 Å².